The summed E-state index contributed by atoms with van der Waals surface area (Å²) in [5.74, 6) is -0.613. The molecule has 0 saturated carbocycles. The minimum absolute atomic E-state index is 0.250. The summed E-state index contributed by atoms with van der Waals surface area (Å²) in [4.78, 5) is 27.5. The Morgan fingerprint density at radius 1 is 1.06 bits per heavy atom. The van der Waals surface area contributed by atoms with Crippen molar-refractivity contribution < 1.29 is 9.59 Å². The van der Waals surface area contributed by atoms with Crippen LogP contribution in [0.2, 0.25) is 0 Å². The molecular weight excluding hydrogens is 408 g/mol. The summed E-state index contributed by atoms with van der Waals surface area (Å²) < 4.78 is 0. The number of thiophene rings is 1. The Bertz CT molecular complexity index is 1100. The minimum atomic E-state index is -0.362. The molecule has 3 rings (SSSR count). The van der Waals surface area contributed by atoms with E-state index in [1.54, 1.807) is 12.3 Å². The van der Waals surface area contributed by atoms with Gasteiger partial charge in [-0.3, -0.25) is 9.59 Å². The van der Waals surface area contributed by atoms with Crippen LogP contribution in [0, 0.1) is 13.8 Å². The topological polar surface area (TPSA) is 73.8 Å². The van der Waals surface area contributed by atoms with Gasteiger partial charge in [0.25, 0.3) is 11.8 Å². The second-order valence-electron chi connectivity index (χ2n) is 7.62. The highest BCUT2D eigenvalue weighted by Gasteiger charge is 2.19. The van der Waals surface area contributed by atoms with E-state index < -0.39 is 0 Å². The van der Waals surface area contributed by atoms with Crippen molar-refractivity contribution in [1.29, 1.82) is 0 Å². The van der Waals surface area contributed by atoms with Crippen LogP contribution in [0.5, 0.6) is 0 Å². The molecule has 0 spiro atoms. The van der Waals surface area contributed by atoms with Crippen molar-refractivity contribution in [2.75, 3.05) is 19.4 Å². The molecule has 7 heteroatoms. The predicted molar refractivity (Wildman–Crippen MR) is 127 cm³/mol. The second kappa shape index (κ2) is 10.1. The van der Waals surface area contributed by atoms with E-state index in [4.69, 9.17) is 0 Å². The molecule has 2 N–H and O–H groups in total. The Hall–Kier alpha value is -3.29. The van der Waals surface area contributed by atoms with Gasteiger partial charge < -0.3 is 10.2 Å². The van der Waals surface area contributed by atoms with Crippen LogP contribution in [-0.4, -0.2) is 37.0 Å². The van der Waals surface area contributed by atoms with Gasteiger partial charge in [-0.05, 0) is 62.1 Å². The van der Waals surface area contributed by atoms with Gasteiger partial charge in [0.2, 0.25) is 0 Å². The summed E-state index contributed by atoms with van der Waals surface area (Å²) in [6.45, 7) is 4.59. The zero-order chi connectivity index (χ0) is 22.4. The number of hydrazone groups is 1. The summed E-state index contributed by atoms with van der Waals surface area (Å²) in [5.41, 5.74) is 7.39. The number of nitrogens with one attached hydrogen (secondary N) is 2. The average Bonchev–Trinajstić information content (AvgIpc) is 3.09. The Morgan fingerprint density at radius 3 is 2.52 bits per heavy atom. The molecule has 0 aliphatic heterocycles. The van der Waals surface area contributed by atoms with Gasteiger partial charge in [-0.2, -0.15) is 5.10 Å². The maximum absolute atomic E-state index is 12.8. The van der Waals surface area contributed by atoms with Crippen LogP contribution in [0.3, 0.4) is 0 Å². The van der Waals surface area contributed by atoms with Gasteiger partial charge >= 0.3 is 0 Å². The van der Waals surface area contributed by atoms with E-state index in [1.165, 1.54) is 11.3 Å². The standard InChI is InChI=1S/C24H26N4O2S/c1-16-8-10-18(11-9-16)13-25-27-23(30)21-17(2)15-31-24(21)26-22(29)20-7-5-6-19(12-20)14-28(3)4/h5-13,15H,14H2,1-4H3,(H,26,29)(H,27,30)/b25-13+. The van der Waals surface area contributed by atoms with Crippen molar-refractivity contribution in [1.82, 2.24) is 10.3 Å². The van der Waals surface area contributed by atoms with Gasteiger partial charge in [0.1, 0.15) is 5.00 Å². The van der Waals surface area contributed by atoms with Gasteiger partial charge in [-0.15, -0.1) is 11.3 Å². The molecule has 1 aromatic heterocycles. The highest BCUT2D eigenvalue weighted by molar-refractivity contribution is 7.15. The highest BCUT2D eigenvalue weighted by Crippen LogP contribution is 2.28. The Kier molecular flexibility index (Phi) is 7.33. The minimum Gasteiger partial charge on any atom is -0.313 e. The number of hydrogen-bond donors (Lipinski definition) is 2. The summed E-state index contributed by atoms with van der Waals surface area (Å²) in [7, 11) is 3.96. The van der Waals surface area contributed by atoms with Crippen LogP contribution in [0.4, 0.5) is 5.00 Å². The molecular formula is C24H26N4O2S. The number of aryl methyl sites for hydroxylation is 2. The van der Waals surface area contributed by atoms with Gasteiger partial charge in [-0.1, -0.05) is 42.0 Å². The Labute approximate surface area is 186 Å². The molecule has 0 fully saturated rings. The third-order valence-electron chi connectivity index (χ3n) is 4.57. The molecule has 160 valence electrons. The number of anilines is 1. The van der Waals surface area contributed by atoms with E-state index in [0.717, 1.165) is 28.8 Å². The average molecular weight is 435 g/mol. The number of rotatable bonds is 7. The fourth-order valence-electron chi connectivity index (χ4n) is 3.04. The van der Waals surface area contributed by atoms with Crippen LogP contribution < -0.4 is 10.7 Å². The molecule has 6 nitrogen and oxygen atoms in total. The lowest BCUT2D eigenvalue weighted by Gasteiger charge is -2.11. The monoisotopic (exact) mass is 434 g/mol. The van der Waals surface area contributed by atoms with Crippen molar-refractivity contribution in [3.8, 4) is 0 Å². The first-order valence-corrected chi connectivity index (χ1v) is 10.7. The zero-order valence-electron chi connectivity index (χ0n) is 18.1. The van der Waals surface area contributed by atoms with E-state index >= 15 is 0 Å². The fraction of sp³-hybridized carbons (Fsp3) is 0.208. The lowest BCUT2D eigenvalue weighted by atomic mass is 10.1. The summed E-state index contributed by atoms with van der Waals surface area (Å²) >= 11 is 1.32. The molecule has 31 heavy (non-hydrogen) atoms. The van der Waals surface area contributed by atoms with Crippen molar-refractivity contribution >= 4 is 34.4 Å². The van der Waals surface area contributed by atoms with Gasteiger partial charge in [0, 0.05) is 12.1 Å². The molecule has 2 amide bonds. The molecule has 0 bridgehead atoms. The number of nitrogens with zero attached hydrogens (tertiary/aromatic N) is 2. The Balaban J connectivity index is 1.70. The van der Waals surface area contributed by atoms with Gasteiger partial charge in [-0.25, -0.2) is 5.43 Å². The largest absolute Gasteiger partial charge is 0.313 e. The van der Waals surface area contributed by atoms with E-state index in [9.17, 15) is 9.59 Å². The first-order valence-electron chi connectivity index (χ1n) is 9.86. The number of hydrogen-bond acceptors (Lipinski definition) is 5. The zero-order valence-corrected chi connectivity index (χ0v) is 18.9. The second-order valence-corrected chi connectivity index (χ2v) is 8.50. The summed E-state index contributed by atoms with van der Waals surface area (Å²) in [6, 6.07) is 15.3. The number of benzene rings is 2. The van der Waals surface area contributed by atoms with E-state index in [0.29, 0.717) is 16.1 Å². The number of carbonyl (C=O) groups is 2. The summed E-state index contributed by atoms with van der Waals surface area (Å²) in [6.07, 6.45) is 1.59. The van der Waals surface area contributed by atoms with Crippen molar-refractivity contribution in [2.24, 2.45) is 5.10 Å². The third-order valence-corrected chi connectivity index (χ3v) is 5.59. The SMILES string of the molecule is Cc1ccc(/C=N/NC(=O)c2c(C)csc2NC(=O)c2cccc(CN(C)C)c2)cc1. The lowest BCUT2D eigenvalue weighted by molar-refractivity contribution is 0.0956. The van der Waals surface area contributed by atoms with Crippen LogP contribution in [0.1, 0.15) is 43.0 Å². The van der Waals surface area contributed by atoms with Crippen LogP contribution in [0.25, 0.3) is 0 Å². The van der Waals surface area contributed by atoms with Crippen LogP contribution in [0.15, 0.2) is 59.0 Å². The highest BCUT2D eigenvalue weighted by atomic mass is 32.1. The van der Waals surface area contributed by atoms with Gasteiger partial charge in [0.15, 0.2) is 0 Å². The normalized spacial score (nSPS) is 11.1. The summed E-state index contributed by atoms with van der Waals surface area (Å²) in [5, 5.41) is 9.27. The van der Waals surface area contributed by atoms with Crippen LogP contribution >= 0.6 is 11.3 Å². The molecule has 0 saturated heterocycles. The molecule has 0 unspecified atom stereocenters. The lowest BCUT2D eigenvalue weighted by Crippen LogP contribution is -2.21. The molecule has 2 aromatic carbocycles. The first-order chi connectivity index (χ1) is 14.8. The first kappa shape index (κ1) is 22.4. The molecule has 0 aliphatic rings. The van der Waals surface area contributed by atoms with Crippen LogP contribution in [-0.2, 0) is 6.54 Å². The van der Waals surface area contributed by atoms with Gasteiger partial charge in [0.05, 0.1) is 11.8 Å². The third kappa shape index (κ3) is 6.10. The number of carbonyl (C=O) groups excluding carboxylic acids is 2. The quantitative estimate of drug-likeness (QED) is 0.426. The molecule has 0 aliphatic carbocycles. The van der Waals surface area contributed by atoms with Crippen molar-refractivity contribution in [2.45, 2.75) is 20.4 Å². The maximum Gasteiger partial charge on any atom is 0.274 e. The smallest absolute Gasteiger partial charge is 0.274 e. The van der Waals surface area contributed by atoms with E-state index in [-0.39, 0.29) is 11.8 Å². The van der Waals surface area contributed by atoms with E-state index in [2.05, 4.69) is 15.8 Å². The maximum atomic E-state index is 12.8. The van der Waals surface area contributed by atoms with Crippen molar-refractivity contribution in [3.05, 3.63) is 87.3 Å². The number of amides is 2. The molecule has 3 aromatic rings. The predicted octanol–water partition coefficient (Wildman–Crippen LogP) is 4.44. The van der Waals surface area contributed by atoms with Crippen molar-refractivity contribution in [3.63, 3.8) is 0 Å². The Morgan fingerprint density at radius 2 is 1.81 bits per heavy atom. The molecule has 0 atom stereocenters. The molecule has 1 heterocycles. The molecule has 0 radical (unpaired) electrons. The van der Waals surface area contributed by atoms with E-state index in [1.807, 2.05) is 80.7 Å². The fourth-order valence-corrected chi connectivity index (χ4v) is 3.98.